The lowest BCUT2D eigenvalue weighted by Crippen LogP contribution is -2.19. The van der Waals surface area contributed by atoms with E-state index in [-0.39, 0.29) is 5.82 Å². The molecule has 0 atom stereocenters. The molecule has 0 amide bonds. The lowest BCUT2D eigenvalue weighted by Gasteiger charge is -2.21. The molecule has 0 aliphatic carbocycles. The van der Waals surface area contributed by atoms with Gasteiger partial charge in [0.1, 0.15) is 19.0 Å². The van der Waals surface area contributed by atoms with E-state index >= 15 is 0 Å². The molecular formula is C11H14FNO2. The fourth-order valence-corrected chi connectivity index (χ4v) is 1.63. The number of hydrogen-bond donors (Lipinski definition) is 1. The summed E-state index contributed by atoms with van der Waals surface area (Å²) in [6, 6.07) is 3.05. The van der Waals surface area contributed by atoms with Crippen molar-refractivity contribution >= 4 is 0 Å². The summed E-state index contributed by atoms with van der Waals surface area (Å²) in [5, 5.41) is 2.99. The number of fused-ring (bicyclic) bond motifs is 1. The van der Waals surface area contributed by atoms with Crippen molar-refractivity contribution in [1.82, 2.24) is 5.32 Å². The molecule has 1 heterocycles. The van der Waals surface area contributed by atoms with Crippen LogP contribution >= 0.6 is 0 Å². The summed E-state index contributed by atoms with van der Waals surface area (Å²) in [6.45, 7) is 1.74. The Bertz CT molecular complexity index is 355. The number of likely N-dealkylation sites (N-methyl/N-ethyl adjacent to an activating group) is 1. The molecule has 2 rings (SSSR count). The lowest BCUT2D eigenvalue weighted by molar-refractivity contribution is 0.169. The SMILES string of the molecule is CNCCc1c(F)ccc2c1OCCO2. The second-order valence-corrected chi connectivity index (χ2v) is 3.40. The van der Waals surface area contributed by atoms with E-state index in [0.717, 1.165) is 6.54 Å². The van der Waals surface area contributed by atoms with Crippen molar-refractivity contribution in [2.24, 2.45) is 0 Å². The quantitative estimate of drug-likeness (QED) is 0.818. The van der Waals surface area contributed by atoms with Crippen molar-refractivity contribution < 1.29 is 13.9 Å². The van der Waals surface area contributed by atoms with Crippen LogP contribution in [0.25, 0.3) is 0 Å². The molecule has 0 spiro atoms. The van der Waals surface area contributed by atoms with E-state index in [2.05, 4.69) is 5.32 Å². The minimum Gasteiger partial charge on any atom is -0.486 e. The van der Waals surface area contributed by atoms with Crippen molar-refractivity contribution in [1.29, 1.82) is 0 Å². The largest absolute Gasteiger partial charge is 0.486 e. The Kier molecular flexibility index (Phi) is 3.06. The molecule has 0 aromatic heterocycles. The van der Waals surface area contributed by atoms with Gasteiger partial charge in [0.25, 0.3) is 0 Å². The third-order valence-electron chi connectivity index (χ3n) is 2.38. The summed E-state index contributed by atoms with van der Waals surface area (Å²) in [5.74, 6) is 0.986. The molecule has 1 N–H and O–H groups in total. The first-order chi connectivity index (χ1) is 7.33. The Morgan fingerprint density at radius 1 is 1.33 bits per heavy atom. The maximum Gasteiger partial charge on any atom is 0.167 e. The van der Waals surface area contributed by atoms with Crippen LogP contribution in [0.2, 0.25) is 0 Å². The van der Waals surface area contributed by atoms with E-state index in [4.69, 9.17) is 9.47 Å². The van der Waals surface area contributed by atoms with E-state index in [1.807, 2.05) is 7.05 Å². The average Bonchev–Trinajstić information content (AvgIpc) is 2.28. The second-order valence-electron chi connectivity index (χ2n) is 3.40. The van der Waals surface area contributed by atoms with Gasteiger partial charge in [-0.25, -0.2) is 4.39 Å². The molecule has 1 aromatic carbocycles. The summed E-state index contributed by atoms with van der Waals surface area (Å²) in [4.78, 5) is 0. The van der Waals surface area contributed by atoms with Gasteiger partial charge in [-0.2, -0.15) is 0 Å². The fourth-order valence-electron chi connectivity index (χ4n) is 1.63. The van der Waals surface area contributed by atoms with Crippen molar-refractivity contribution in [3.8, 4) is 11.5 Å². The summed E-state index contributed by atoms with van der Waals surface area (Å²) in [5.41, 5.74) is 0.599. The summed E-state index contributed by atoms with van der Waals surface area (Å²) in [6.07, 6.45) is 0.606. The van der Waals surface area contributed by atoms with Crippen LogP contribution in [0.3, 0.4) is 0 Å². The van der Waals surface area contributed by atoms with Gasteiger partial charge < -0.3 is 14.8 Å². The van der Waals surface area contributed by atoms with Crippen molar-refractivity contribution in [2.45, 2.75) is 6.42 Å². The first-order valence-electron chi connectivity index (χ1n) is 5.04. The molecular weight excluding hydrogens is 197 g/mol. The third kappa shape index (κ3) is 2.04. The van der Waals surface area contributed by atoms with E-state index in [9.17, 15) is 4.39 Å². The molecule has 1 aliphatic rings. The molecule has 0 saturated carbocycles. The molecule has 0 fully saturated rings. The monoisotopic (exact) mass is 211 g/mol. The molecule has 0 bridgehead atoms. The highest BCUT2D eigenvalue weighted by atomic mass is 19.1. The van der Waals surface area contributed by atoms with Crippen LogP contribution in [0.4, 0.5) is 4.39 Å². The van der Waals surface area contributed by atoms with E-state index in [1.165, 1.54) is 6.07 Å². The third-order valence-corrected chi connectivity index (χ3v) is 2.38. The van der Waals surface area contributed by atoms with Crippen molar-refractivity contribution in [3.63, 3.8) is 0 Å². The normalized spacial score (nSPS) is 14.0. The smallest absolute Gasteiger partial charge is 0.167 e. The van der Waals surface area contributed by atoms with Crippen LogP contribution in [0.15, 0.2) is 12.1 Å². The Morgan fingerprint density at radius 2 is 2.13 bits per heavy atom. The molecule has 82 valence electrons. The predicted molar refractivity (Wildman–Crippen MR) is 55.0 cm³/mol. The van der Waals surface area contributed by atoms with Crippen LogP contribution in [-0.2, 0) is 6.42 Å². The maximum absolute atomic E-state index is 13.5. The highest BCUT2D eigenvalue weighted by Crippen LogP contribution is 2.35. The van der Waals surface area contributed by atoms with Gasteiger partial charge in [0.05, 0.1) is 0 Å². The minimum absolute atomic E-state index is 0.227. The molecule has 0 radical (unpaired) electrons. The zero-order chi connectivity index (χ0) is 10.7. The first-order valence-corrected chi connectivity index (χ1v) is 5.04. The zero-order valence-corrected chi connectivity index (χ0v) is 8.68. The van der Waals surface area contributed by atoms with Gasteiger partial charge in [0.15, 0.2) is 11.5 Å². The standard InChI is InChI=1S/C11H14FNO2/c1-13-5-4-8-9(12)2-3-10-11(8)15-7-6-14-10/h2-3,13H,4-7H2,1H3. The van der Waals surface area contributed by atoms with Crippen LogP contribution in [0.5, 0.6) is 11.5 Å². The van der Waals surface area contributed by atoms with Gasteiger partial charge in [-0.05, 0) is 32.1 Å². The van der Waals surface area contributed by atoms with Crippen LogP contribution in [0, 0.1) is 5.82 Å². The van der Waals surface area contributed by atoms with Crippen molar-refractivity contribution in [2.75, 3.05) is 26.8 Å². The van der Waals surface area contributed by atoms with E-state index in [1.54, 1.807) is 6.07 Å². The van der Waals surface area contributed by atoms with Crippen molar-refractivity contribution in [3.05, 3.63) is 23.5 Å². The number of benzene rings is 1. The molecule has 15 heavy (non-hydrogen) atoms. The molecule has 0 unspecified atom stereocenters. The Hall–Kier alpha value is -1.29. The number of hydrogen-bond acceptors (Lipinski definition) is 3. The Balaban J connectivity index is 2.32. The highest BCUT2D eigenvalue weighted by molar-refractivity contribution is 5.48. The van der Waals surface area contributed by atoms with Gasteiger partial charge in [-0.15, -0.1) is 0 Å². The van der Waals surface area contributed by atoms with E-state index in [0.29, 0.717) is 36.7 Å². The Labute approximate surface area is 88.2 Å². The number of ether oxygens (including phenoxy) is 2. The van der Waals surface area contributed by atoms with E-state index < -0.39 is 0 Å². The van der Waals surface area contributed by atoms with Crippen LogP contribution in [-0.4, -0.2) is 26.8 Å². The minimum atomic E-state index is -0.227. The molecule has 1 aliphatic heterocycles. The average molecular weight is 211 g/mol. The number of nitrogens with one attached hydrogen (secondary N) is 1. The fraction of sp³-hybridized carbons (Fsp3) is 0.455. The topological polar surface area (TPSA) is 30.5 Å². The second kappa shape index (κ2) is 4.49. The van der Waals surface area contributed by atoms with Crippen LogP contribution in [0.1, 0.15) is 5.56 Å². The Morgan fingerprint density at radius 3 is 2.93 bits per heavy atom. The number of halogens is 1. The van der Waals surface area contributed by atoms with Gasteiger partial charge in [-0.1, -0.05) is 0 Å². The lowest BCUT2D eigenvalue weighted by atomic mass is 10.1. The van der Waals surface area contributed by atoms with Gasteiger partial charge in [-0.3, -0.25) is 0 Å². The summed E-state index contributed by atoms with van der Waals surface area (Å²) >= 11 is 0. The maximum atomic E-state index is 13.5. The zero-order valence-electron chi connectivity index (χ0n) is 8.68. The predicted octanol–water partition coefficient (Wildman–Crippen LogP) is 1.36. The van der Waals surface area contributed by atoms with Gasteiger partial charge >= 0.3 is 0 Å². The summed E-state index contributed by atoms with van der Waals surface area (Å²) in [7, 11) is 1.84. The molecule has 4 heteroatoms. The van der Waals surface area contributed by atoms with Gasteiger partial charge in [0.2, 0.25) is 0 Å². The first kappa shape index (κ1) is 10.2. The van der Waals surface area contributed by atoms with Gasteiger partial charge in [0, 0.05) is 5.56 Å². The highest BCUT2D eigenvalue weighted by Gasteiger charge is 2.18. The molecule has 1 aromatic rings. The molecule has 0 saturated heterocycles. The number of rotatable bonds is 3. The molecule has 3 nitrogen and oxygen atoms in total. The summed E-state index contributed by atoms with van der Waals surface area (Å²) < 4.78 is 24.4. The van der Waals surface area contributed by atoms with Crippen LogP contribution < -0.4 is 14.8 Å².